The number of benzene rings is 1. The van der Waals surface area contributed by atoms with Gasteiger partial charge in [-0.3, -0.25) is 0 Å². The van der Waals surface area contributed by atoms with Crippen LogP contribution in [0.1, 0.15) is 10.6 Å². The van der Waals surface area contributed by atoms with Gasteiger partial charge in [0, 0.05) is 0 Å². The summed E-state index contributed by atoms with van der Waals surface area (Å²) >= 11 is 0. The van der Waals surface area contributed by atoms with Gasteiger partial charge >= 0.3 is 12.1 Å². The van der Waals surface area contributed by atoms with Crippen LogP contribution in [0.25, 0.3) is 0 Å². The molecule has 0 saturated carbocycles. The summed E-state index contributed by atoms with van der Waals surface area (Å²) in [6.07, 6.45) is 5.31. The van der Waals surface area contributed by atoms with E-state index < -0.39 is 12.1 Å². The van der Waals surface area contributed by atoms with Crippen LogP contribution in [0.5, 0.6) is 11.5 Å². The van der Waals surface area contributed by atoms with Gasteiger partial charge in [-0.1, -0.05) is 18.1 Å². The van der Waals surface area contributed by atoms with Gasteiger partial charge in [0.2, 0.25) is 5.76 Å². The monoisotopic (exact) mass is 286 g/mol. The topological polar surface area (TPSA) is 75.0 Å². The highest BCUT2D eigenvalue weighted by Crippen LogP contribution is 2.27. The molecule has 1 aromatic carbocycles. The third kappa shape index (κ3) is 3.88. The predicted molar refractivity (Wildman–Crippen MR) is 70.9 cm³/mol. The zero-order valence-electron chi connectivity index (χ0n) is 10.8. The molecular formula is C15H10O6. The Kier molecular flexibility index (Phi) is 4.62. The molecule has 0 N–H and O–H groups in total. The van der Waals surface area contributed by atoms with E-state index in [1.807, 2.05) is 0 Å². The van der Waals surface area contributed by atoms with E-state index in [1.165, 1.54) is 24.5 Å². The second-order valence-electron chi connectivity index (χ2n) is 3.66. The van der Waals surface area contributed by atoms with Crippen LogP contribution in [0.15, 0.2) is 47.1 Å². The molecule has 0 spiro atoms. The highest BCUT2D eigenvalue weighted by molar-refractivity contribution is 5.88. The molecule has 0 amide bonds. The number of ether oxygens (including phenoxy) is 3. The number of carbonyl (C=O) groups excluding carboxylic acids is 2. The van der Waals surface area contributed by atoms with Crippen molar-refractivity contribution in [1.29, 1.82) is 0 Å². The first-order chi connectivity index (χ1) is 10.2. The summed E-state index contributed by atoms with van der Waals surface area (Å²) in [5.74, 6) is 1.52. The van der Waals surface area contributed by atoms with Crippen LogP contribution < -0.4 is 9.47 Å². The van der Waals surface area contributed by atoms with Crippen molar-refractivity contribution >= 4 is 12.1 Å². The molecule has 2 rings (SSSR count). The van der Waals surface area contributed by atoms with Gasteiger partial charge in [0.1, 0.15) is 0 Å². The Hall–Kier alpha value is -3.20. The quantitative estimate of drug-likeness (QED) is 0.372. The number of rotatable bonds is 4. The van der Waals surface area contributed by atoms with Gasteiger partial charge in [-0.2, -0.15) is 0 Å². The number of terminal acetylenes is 1. The molecule has 6 nitrogen and oxygen atoms in total. The number of hydrogen-bond donors (Lipinski definition) is 0. The van der Waals surface area contributed by atoms with E-state index >= 15 is 0 Å². The fourth-order valence-corrected chi connectivity index (χ4v) is 1.38. The maximum absolute atomic E-state index is 11.8. The molecule has 21 heavy (non-hydrogen) atoms. The van der Waals surface area contributed by atoms with Crippen molar-refractivity contribution < 1.29 is 28.2 Å². The van der Waals surface area contributed by atoms with E-state index in [2.05, 4.69) is 10.7 Å². The van der Waals surface area contributed by atoms with Gasteiger partial charge in [-0.15, -0.1) is 6.42 Å². The highest BCUT2D eigenvalue weighted by atomic mass is 16.7. The third-order valence-electron chi connectivity index (χ3n) is 2.24. The van der Waals surface area contributed by atoms with Gasteiger partial charge in [0.05, 0.1) is 6.26 Å². The minimum atomic E-state index is -0.991. The average Bonchev–Trinajstić information content (AvgIpc) is 3.01. The lowest BCUT2D eigenvalue weighted by atomic mass is 10.3. The van der Waals surface area contributed by atoms with Gasteiger partial charge in [-0.25, -0.2) is 9.59 Å². The minimum absolute atomic E-state index is 0.0272. The van der Waals surface area contributed by atoms with E-state index in [-0.39, 0.29) is 23.9 Å². The number of furan rings is 1. The Labute approximate surface area is 120 Å². The maximum atomic E-state index is 11.8. The highest BCUT2D eigenvalue weighted by Gasteiger charge is 2.16. The van der Waals surface area contributed by atoms with Crippen molar-refractivity contribution in [2.45, 2.75) is 0 Å². The summed E-state index contributed by atoms with van der Waals surface area (Å²) in [5.41, 5.74) is 0. The second-order valence-corrected chi connectivity index (χ2v) is 3.66. The minimum Gasteiger partial charge on any atom is -0.457 e. The van der Waals surface area contributed by atoms with E-state index in [1.54, 1.807) is 18.2 Å². The molecule has 0 bridgehead atoms. The molecule has 0 aliphatic heterocycles. The normalized spacial score (nSPS) is 9.48. The fraction of sp³-hybridized carbons (Fsp3) is 0.0667. The van der Waals surface area contributed by atoms with Crippen LogP contribution in [0.3, 0.4) is 0 Å². The lowest BCUT2D eigenvalue weighted by Crippen LogP contribution is -2.13. The number of esters is 1. The standard InChI is InChI=1S/C15H10O6/c1-2-9-19-15(17)21-12-7-4-3-6-11(12)20-14(16)13-8-5-10-18-13/h1,3-8,10H,9H2. The molecule has 1 aromatic heterocycles. The molecular weight excluding hydrogens is 276 g/mol. The lowest BCUT2D eigenvalue weighted by Gasteiger charge is -2.08. The van der Waals surface area contributed by atoms with Crippen LogP contribution >= 0.6 is 0 Å². The van der Waals surface area contributed by atoms with Crippen molar-refractivity contribution in [1.82, 2.24) is 0 Å². The first kappa shape index (κ1) is 14.2. The number of para-hydroxylation sites is 2. The van der Waals surface area contributed by atoms with Gasteiger partial charge < -0.3 is 18.6 Å². The van der Waals surface area contributed by atoms with Crippen LogP contribution in [0.2, 0.25) is 0 Å². The Morgan fingerprint density at radius 1 is 1.10 bits per heavy atom. The molecule has 2 aromatic rings. The zero-order chi connectivity index (χ0) is 15.1. The zero-order valence-corrected chi connectivity index (χ0v) is 10.8. The van der Waals surface area contributed by atoms with E-state index in [0.29, 0.717) is 0 Å². The Balaban J connectivity index is 2.08. The molecule has 0 unspecified atom stereocenters. The summed E-state index contributed by atoms with van der Waals surface area (Å²) in [6, 6.07) is 9.13. The van der Waals surface area contributed by atoms with Gasteiger partial charge in [0.25, 0.3) is 0 Å². The molecule has 0 fully saturated rings. The van der Waals surface area contributed by atoms with Gasteiger partial charge in [0.15, 0.2) is 18.1 Å². The molecule has 0 radical (unpaired) electrons. The van der Waals surface area contributed by atoms with Crippen LogP contribution in [0.4, 0.5) is 4.79 Å². The average molecular weight is 286 g/mol. The summed E-state index contributed by atoms with van der Waals surface area (Å²) < 4.78 is 19.5. The fourth-order valence-electron chi connectivity index (χ4n) is 1.38. The summed E-state index contributed by atoms with van der Waals surface area (Å²) in [7, 11) is 0. The van der Waals surface area contributed by atoms with E-state index in [9.17, 15) is 9.59 Å². The van der Waals surface area contributed by atoms with E-state index in [0.717, 1.165) is 0 Å². The Morgan fingerprint density at radius 2 is 1.81 bits per heavy atom. The molecule has 0 aliphatic rings. The summed E-state index contributed by atoms with van der Waals surface area (Å²) in [5, 5.41) is 0. The first-order valence-electron chi connectivity index (χ1n) is 5.83. The molecule has 106 valence electrons. The molecule has 0 aliphatic carbocycles. The molecule has 0 saturated heterocycles. The van der Waals surface area contributed by atoms with Gasteiger partial charge in [-0.05, 0) is 24.3 Å². The SMILES string of the molecule is C#CCOC(=O)Oc1ccccc1OC(=O)c1ccco1. The molecule has 6 heteroatoms. The van der Waals surface area contributed by atoms with Crippen LogP contribution in [-0.4, -0.2) is 18.7 Å². The Bertz CT molecular complexity index is 666. The first-order valence-corrected chi connectivity index (χ1v) is 5.83. The van der Waals surface area contributed by atoms with Crippen molar-refractivity contribution in [3.05, 3.63) is 48.4 Å². The summed E-state index contributed by atoms with van der Waals surface area (Å²) in [6.45, 7) is -0.215. The molecule has 0 atom stereocenters. The van der Waals surface area contributed by atoms with Crippen molar-refractivity contribution in [3.8, 4) is 23.8 Å². The predicted octanol–water partition coefficient (Wildman–Crippen LogP) is 2.65. The lowest BCUT2D eigenvalue weighted by molar-refractivity contribution is 0.0688. The largest absolute Gasteiger partial charge is 0.514 e. The van der Waals surface area contributed by atoms with Crippen molar-refractivity contribution in [3.63, 3.8) is 0 Å². The number of hydrogen-bond acceptors (Lipinski definition) is 6. The smallest absolute Gasteiger partial charge is 0.457 e. The second kappa shape index (κ2) is 6.82. The molecule has 1 heterocycles. The maximum Gasteiger partial charge on any atom is 0.514 e. The van der Waals surface area contributed by atoms with Crippen molar-refractivity contribution in [2.75, 3.05) is 6.61 Å². The summed E-state index contributed by atoms with van der Waals surface area (Å²) in [4.78, 5) is 23.1. The Morgan fingerprint density at radius 3 is 2.43 bits per heavy atom. The third-order valence-corrected chi connectivity index (χ3v) is 2.24. The number of carbonyl (C=O) groups is 2. The van der Waals surface area contributed by atoms with Crippen LogP contribution in [0, 0.1) is 12.3 Å². The van der Waals surface area contributed by atoms with E-state index in [4.69, 9.17) is 20.3 Å². The van der Waals surface area contributed by atoms with Crippen LogP contribution in [-0.2, 0) is 4.74 Å². The van der Waals surface area contributed by atoms with Crippen molar-refractivity contribution in [2.24, 2.45) is 0 Å².